The molecule has 2 aromatic heterocycles. The van der Waals surface area contributed by atoms with Gasteiger partial charge in [0.25, 0.3) is 5.91 Å². The fourth-order valence-electron chi connectivity index (χ4n) is 3.65. The maximum Gasteiger partial charge on any atom is 0.253 e. The Morgan fingerprint density at radius 2 is 1.82 bits per heavy atom. The largest absolute Gasteiger partial charge is 0.394 e. The van der Waals surface area contributed by atoms with Gasteiger partial charge < -0.3 is 21.1 Å². The highest BCUT2D eigenvalue weighted by Gasteiger charge is 2.19. The predicted octanol–water partition coefficient (Wildman–Crippen LogP) is 3.97. The van der Waals surface area contributed by atoms with Crippen LogP contribution in [-0.4, -0.2) is 39.5 Å². The average Bonchev–Trinajstić information content (AvgIpc) is 3.21. The molecule has 0 saturated carbocycles. The summed E-state index contributed by atoms with van der Waals surface area (Å²) in [4.78, 5) is 31.7. The number of halogens is 2. The zero-order valence-corrected chi connectivity index (χ0v) is 18.8. The number of aromatic amines is 1. The van der Waals surface area contributed by atoms with Gasteiger partial charge in [0.15, 0.2) is 0 Å². The number of aromatic nitrogens is 2. The highest BCUT2D eigenvalue weighted by atomic mass is 35.5. The number of aliphatic hydroxyl groups is 1. The van der Waals surface area contributed by atoms with Crippen LogP contribution >= 0.6 is 23.2 Å². The van der Waals surface area contributed by atoms with Gasteiger partial charge in [0.1, 0.15) is 0 Å². The van der Waals surface area contributed by atoms with Crippen LogP contribution in [0.1, 0.15) is 26.3 Å². The Hall–Kier alpha value is -3.39. The Kier molecular flexibility index (Phi) is 6.65. The second-order valence-corrected chi connectivity index (χ2v) is 8.36. The van der Waals surface area contributed by atoms with Crippen molar-refractivity contribution in [1.29, 1.82) is 0 Å². The molecule has 7 nitrogen and oxygen atoms in total. The van der Waals surface area contributed by atoms with E-state index in [1.54, 1.807) is 42.7 Å². The van der Waals surface area contributed by atoms with Crippen LogP contribution in [0, 0.1) is 0 Å². The Morgan fingerprint density at radius 1 is 1.06 bits per heavy atom. The number of H-pyrrole nitrogens is 1. The molecule has 0 aliphatic rings. The van der Waals surface area contributed by atoms with Crippen LogP contribution in [0.4, 0.5) is 0 Å². The van der Waals surface area contributed by atoms with E-state index in [0.29, 0.717) is 17.5 Å². The molecule has 33 heavy (non-hydrogen) atoms. The number of pyridine rings is 1. The molecule has 1 atom stereocenters. The number of nitrogens with one attached hydrogen (secondary N) is 2. The number of hydrogen-bond acceptors (Lipinski definition) is 4. The summed E-state index contributed by atoms with van der Waals surface area (Å²) in [5.74, 6) is -1.04. The molecule has 0 aliphatic heterocycles. The molecule has 5 N–H and O–H groups in total. The van der Waals surface area contributed by atoms with E-state index in [1.807, 2.05) is 12.3 Å². The lowest BCUT2D eigenvalue weighted by molar-refractivity contribution is 0.0916. The van der Waals surface area contributed by atoms with Crippen LogP contribution in [-0.2, 0) is 6.42 Å². The number of carbonyl (C=O) groups is 2. The number of rotatable bonds is 7. The van der Waals surface area contributed by atoms with E-state index in [9.17, 15) is 14.7 Å². The highest BCUT2D eigenvalue weighted by Crippen LogP contribution is 2.29. The van der Waals surface area contributed by atoms with E-state index in [2.05, 4.69) is 15.3 Å². The molecule has 168 valence electrons. The molecule has 0 saturated heterocycles. The second-order valence-electron chi connectivity index (χ2n) is 7.55. The van der Waals surface area contributed by atoms with Gasteiger partial charge in [-0.2, -0.15) is 0 Å². The first-order valence-corrected chi connectivity index (χ1v) is 10.8. The van der Waals surface area contributed by atoms with Gasteiger partial charge in [-0.25, -0.2) is 0 Å². The van der Waals surface area contributed by atoms with Crippen molar-refractivity contribution in [1.82, 2.24) is 15.3 Å². The number of nitrogens with two attached hydrogens (primary N) is 1. The molecular formula is C24H20Cl2N4O3. The summed E-state index contributed by atoms with van der Waals surface area (Å²) in [5, 5.41) is 14.1. The van der Waals surface area contributed by atoms with E-state index in [1.165, 1.54) is 6.07 Å². The van der Waals surface area contributed by atoms with E-state index < -0.39 is 17.9 Å². The average molecular weight is 483 g/mol. The minimum atomic E-state index is -0.622. The van der Waals surface area contributed by atoms with Gasteiger partial charge in [0, 0.05) is 29.5 Å². The summed E-state index contributed by atoms with van der Waals surface area (Å²) in [6.45, 7) is -0.250. The van der Waals surface area contributed by atoms with Crippen molar-refractivity contribution in [3.8, 4) is 11.1 Å². The third kappa shape index (κ3) is 4.85. The lowest BCUT2D eigenvalue weighted by Gasteiger charge is -2.17. The molecule has 2 heterocycles. The molecule has 4 rings (SSSR count). The third-order valence-corrected chi connectivity index (χ3v) is 6.01. The van der Waals surface area contributed by atoms with Crippen LogP contribution in [0.2, 0.25) is 10.0 Å². The first-order chi connectivity index (χ1) is 15.9. The number of amides is 2. The van der Waals surface area contributed by atoms with Crippen molar-refractivity contribution in [3.63, 3.8) is 0 Å². The topological polar surface area (TPSA) is 121 Å². The van der Waals surface area contributed by atoms with Gasteiger partial charge in [-0.05, 0) is 53.4 Å². The number of hydrogen-bond donors (Lipinski definition) is 4. The summed E-state index contributed by atoms with van der Waals surface area (Å²) in [7, 11) is 0. The summed E-state index contributed by atoms with van der Waals surface area (Å²) < 4.78 is 0. The Morgan fingerprint density at radius 3 is 2.55 bits per heavy atom. The maximum absolute atomic E-state index is 13.0. The van der Waals surface area contributed by atoms with Crippen molar-refractivity contribution in [2.24, 2.45) is 5.73 Å². The lowest BCUT2D eigenvalue weighted by Crippen LogP contribution is -2.39. The quantitative estimate of drug-likeness (QED) is 0.318. The Labute approximate surface area is 199 Å². The molecular weight excluding hydrogens is 463 g/mol. The van der Waals surface area contributed by atoms with Gasteiger partial charge in [0.2, 0.25) is 5.91 Å². The van der Waals surface area contributed by atoms with E-state index >= 15 is 0 Å². The van der Waals surface area contributed by atoms with E-state index in [-0.39, 0.29) is 27.8 Å². The fraction of sp³-hybridized carbons (Fsp3) is 0.125. The molecule has 0 fully saturated rings. The minimum Gasteiger partial charge on any atom is -0.394 e. The SMILES string of the molecule is NC(=O)c1ccc(-c2ccc(Cl)c(C(=O)NC(CO)Cc3c[nH]c4ccncc34)c2)cc1Cl. The number of benzene rings is 2. The van der Waals surface area contributed by atoms with Gasteiger partial charge in [0.05, 0.1) is 33.8 Å². The third-order valence-electron chi connectivity index (χ3n) is 5.37. The number of carbonyl (C=O) groups excluding carboxylic acids is 2. The second kappa shape index (κ2) is 9.62. The Balaban J connectivity index is 1.56. The Bertz CT molecular complexity index is 1350. The number of primary amides is 1. The summed E-state index contributed by atoms with van der Waals surface area (Å²) in [6, 6.07) is 11.2. The zero-order valence-electron chi connectivity index (χ0n) is 17.3. The van der Waals surface area contributed by atoms with Gasteiger partial charge >= 0.3 is 0 Å². The molecule has 2 amide bonds. The number of nitrogens with zero attached hydrogens (tertiary/aromatic N) is 1. The molecule has 0 aliphatic carbocycles. The summed E-state index contributed by atoms with van der Waals surface area (Å²) in [5.41, 5.74) is 9.02. The maximum atomic E-state index is 13.0. The monoisotopic (exact) mass is 482 g/mol. The molecule has 0 bridgehead atoms. The molecule has 2 aromatic carbocycles. The molecule has 9 heteroatoms. The minimum absolute atomic E-state index is 0.214. The van der Waals surface area contributed by atoms with Gasteiger partial charge in [-0.15, -0.1) is 0 Å². The smallest absolute Gasteiger partial charge is 0.253 e. The summed E-state index contributed by atoms with van der Waals surface area (Å²) in [6.07, 6.45) is 5.69. The van der Waals surface area contributed by atoms with Crippen LogP contribution in [0.5, 0.6) is 0 Å². The fourth-order valence-corrected chi connectivity index (χ4v) is 4.13. The van der Waals surface area contributed by atoms with Crippen molar-refractivity contribution >= 4 is 45.9 Å². The van der Waals surface area contributed by atoms with Crippen molar-refractivity contribution in [2.45, 2.75) is 12.5 Å². The van der Waals surface area contributed by atoms with Crippen LogP contribution in [0.3, 0.4) is 0 Å². The number of fused-ring (bicyclic) bond motifs is 1. The van der Waals surface area contributed by atoms with E-state index in [0.717, 1.165) is 16.5 Å². The zero-order chi connectivity index (χ0) is 23.5. The molecule has 0 spiro atoms. The standard InChI is InChI=1S/C24H20Cl2N4O3/c25-20-4-2-13(14-1-3-17(23(27)32)21(26)9-14)8-18(20)24(33)30-16(12-31)7-15-10-29-22-5-6-28-11-19(15)22/h1-6,8-11,16,29,31H,7,12H2,(H2,27,32)(H,30,33). The summed E-state index contributed by atoms with van der Waals surface area (Å²) >= 11 is 12.5. The van der Waals surface area contributed by atoms with Crippen molar-refractivity contribution in [2.75, 3.05) is 6.61 Å². The van der Waals surface area contributed by atoms with Crippen molar-refractivity contribution < 1.29 is 14.7 Å². The van der Waals surface area contributed by atoms with Crippen LogP contribution in [0.25, 0.3) is 22.0 Å². The predicted molar refractivity (Wildman–Crippen MR) is 129 cm³/mol. The molecule has 1 unspecified atom stereocenters. The van der Waals surface area contributed by atoms with Crippen LogP contribution < -0.4 is 11.1 Å². The van der Waals surface area contributed by atoms with Crippen LogP contribution in [0.15, 0.2) is 61.1 Å². The lowest BCUT2D eigenvalue weighted by atomic mass is 10.0. The van der Waals surface area contributed by atoms with E-state index in [4.69, 9.17) is 28.9 Å². The van der Waals surface area contributed by atoms with Gasteiger partial charge in [-0.1, -0.05) is 35.3 Å². The molecule has 4 aromatic rings. The first kappa shape index (κ1) is 22.8. The number of aliphatic hydroxyl groups excluding tert-OH is 1. The molecule has 0 radical (unpaired) electrons. The normalized spacial score (nSPS) is 12.0. The first-order valence-electron chi connectivity index (χ1n) is 10.1. The highest BCUT2D eigenvalue weighted by molar-refractivity contribution is 6.34. The van der Waals surface area contributed by atoms with Crippen molar-refractivity contribution in [3.05, 3.63) is 87.8 Å². The van der Waals surface area contributed by atoms with Gasteiger partial charge in [-0.3, -0.25) is 14.6 Å².